The third kappa shape index (κ3) is 5.39. The van der Waals surface area contributed by atoms with E-state index in [4.69, 9.17) is 4.74 Å². The van der Waals surface area contributed by atoms with Gasteiger partial charge in [-0.2, -0.15) is 0 Å². The van der Waals surface area contributed by atoms with Crippen LogP contribution in [0.15, 0.2) is 48.8 Å². The molecule has 0 saturated carbocycles. The third-order valence-electron chi connectivity index (χ3n) is 5.11. The van der Waals surface area contributed by atoms with E-state index in [9.17, 15) is 9.59 Å². The van der Waals surface area contributed by atoms with Gasteiger partial charge in [-0.3, -0.25) is 14.6 Å². The van der Waals surface area contributed by atoms with E-state index in [2.05, 4.69) is 34.6 Å². The summed E-state index contributed by atoms with van der Waals surface area (Å²) < 4.78 is 4.92. The molecule has 1 aliphatic rings. The van der Waals surface area contributed by atoms with Crippen LogP contribution in [0.1, 0.15) is 39.1 Å². The summed E-state index contributed by atoms with van der Waals surface area (Å²) in [6.45, 7) is 2.33. The number of hydrogen-bond donors (Lipinski definition) is 1. The number of nitrogens with zero attached hydrogens (tertiary/aromatic N) is 2. The first kappa shape index (κ1) is 20.0. The second-order valence-electron chi connectivity index (χ2n) is 7.14. The van der Waals surface area contributed by atoms with Crippen LogP contribution in [-0.4, -0.2) is 55.0 Å². The van der Waals surface area contributed by atoms with Gasteiger partial charge in [-0.15, -0.1) is 0 Å². The minimum absolute atomic E-state index is 0.0581. The van der Waals surface area contributed by atoms with Crippen molar-refractivity contribution in [1.29, 1.82) is 0 Å². The highest BCUT2D eigenvalue weighted by Gasteiger charge is 2.24. The molecule has 1 fully saturated rings. The predicted molar refractivity (Wildman–Crippen MR) is 107 cm³/mol. The van der Waals surface area contributed by atoms with Gasteiger partial charge in [0.05, 0.1) is 17.7 Å². The van der Waals surface area contributed by atoms with E-state index in [1.165, 1.54) is 18.0 Å². The van der Waals surface area contributed by atoms with Crippen molar-refractivity contribution in [2.75, 3.05) is 33.4 Å². The van der Waals surface area contributed by atoms with Crippen molar-refractivity contribution < 1.29 is 14.3 Å². The standard InChI is InChI=1S/C22H27N3O3/c1-28-12-9-24-21(26)19-14-20(16-23-15-19)22(27)25-10-7-18(8-11-25)13-17-5-3-2-4-6-17/h2-6,14-16,18H,7-13H2,1H3,(H,24,26). The minimum Gasteiger partial charge on any atom is -0.383 e. The number of methoxy groups -OCH3 is 1. The second-order valence-corrected chi connectivity index (χ2v) is 7.14. The van der Waals surface area contributed by atoms with Crippen molar-refractivity contribution in [3.63, 3.8) is 0 Å². The normalized spacial score (nSPS) is 14.7. The Hall–Kier alpha value is -2.73. The molecule has 28 heavy (non-hydrogen) atoms. The van der Waals surface area contributed by atoms with E-state index in [0.29, 0.717) is 30.2 Å². The number of nitrogens with one attached hydrogen (secondary N) is 1. The van der Waals surface area contributed by atoms with Crippen LogP contribution in [0, 0.1) is 5.92 Å². The molecule has 6 nitrogen and oxygen atoms in total. The van der Waals surface area contributed by atoms with Gasteiger partial charge >= 0.3 is 0 Å². The monoisotopic (exact) mass is 381 g/mol. The molecule has 0 radical (unpaired) electrons. The molecule has 1 aromatic heterocycles. The van der Waals surface area contributed by atoms with Gasteiger partial charge in [0.1, 0.15) is 0 Å². The highest BCUT2D eigenvalue weighted by Crippen LogP contribution is 2.23. The molecule has 1 N–H and O–H groups in total. The zero-order chi connectivity index (χ0) is 19.8. The molecule has 1 aliphatic heterocycles. The molecular weight excluding hydrogens is 354 g/mol. The summed E-state index contributed by atoms with van der Waals surface area (Å²) in [5.74, 6) is 0.292. The third-order valence-corrected chi connectivity index (χ3v) is 5.11. The van der Waals surface area contributed by atoms with Gasteiger partial charge in [-0.1, -0.05) is 30.3 Å². The molecule has 0 bridgehead atoms. The average Bonchev–Trinajstić information content (AvgIpc) is 2.75. The highest BCUT2D eigenvalue weighted by molar-refractivity contribution is 5.99. The fourth-order valence-electron chi connectivity index (χ4n) is 3.52. The van der Waals surface area contributed by atoms with E-state index >= 15 is 0 Å². The lowest BCUT2D eigenvalue weighted by Gasteiger charge is -2.32. The molecule has 2 heterocycles. The van der Waals surface area contributed by atoms with Gasteiger partial charge in [-0.05, 0) is 36.8 Å². The van der Waals surface area contributed by atoms with E-state index in [1.54, 1.807) is 13.2 Å². The Morgan fingerprint density at radius 1 is 1.14 bits per heavy atom. The van der Waals surface area contributed by atoms with Gasteiger partial charge in [-0.25, -0.2) is 0 Å². The molecule has 3 rings (SSSR count). The summed E-state index contributed by atoms with van der Waals surface area (Å²) in [6, 6.07) is 12.1. The van der Waals surface area contributed by atoms with E-state index < -0.39 is 0 Å². The van der Waals surface area contributed by atoms with E-state index in [-0.39, 0.29) is 11.8 Å². The first-order chi connectivity index (χ1) is 13.7. The van der Waals surface area contributed by atoms with Crippen LogP contribution in [0.3, 0.4) is 0 Å². The van der Waals surface area contributed by atoms with E-state index in [1.807, 2.05) is 11.0 Å². The fourth-order valence-corrected chi connectivity index (χ4v) is 3.52. The first-order valence-electron chi connectivity index (χ1n) is 9.72. The summed E-state index contributed by atoms with van der Waals surface area (Å²) in [5, 5.41) is 2.75. The van der Waals surface area contributed by atoms with Crippen LogP contribution in [0.2, 0.25) is 0 Å². The van der Waals surface area contributed by atoms with Gasteiger partial charge in [0.15, 0.2) is 0 Å². The zero-order valence-electron chi connectivity index (χ0n) is 16.3. The number of hydrogen-bond acceptors (Lipinski definition) is 4. The maximum absolute atomic E-state index is 12.8. The second kappa shape index (κ2) is 9.99. The number of amides is 2. The Morgan fingerprint density at radius 3 is 2.57 bits per heavy atom. The smallest absolute Gasteiger partial charge is 0.255 e. The topological polar surface area (TPSA) is 71.5 Å². The molecule has 2 aromatic rings. The predicted octanol–water partition coefficient (Wildman–Crippen LogP) is 2.55. The maximum Gasteiger partial charge on any atom is 0.255 e. The number of piperidine rings is 1. The maximum atomic E-state index is 12.8. The lowest BCUT2D eigenvalue weighted by Crippen LogP contribution is -2.39. The summed E-state index contributed by atoms with van der Waals surface area (Å²) in [5.41, 5.74) is 2.20. The highest BCUT2D eigenvalue weighted by atomic mass is 16.5. The van der Waals surface area contributed by atoms with Gasteiger partial charge < -0.3 is 15.0 Å². The van der Waals surface area contributed by atoms with Crippen molar-refractivity contribution in [3.05, 3.63) is 65.5 Å². The lowest BCUT2D eigenvalue weighted by atomic mass is 9.90. The van der Waals surface area contributed by atoms with Crippen LogP contribution in [0.4, 0.5) is 0 Å². The summed E-state index contributed by atoms with van der Waals surface area (Å²) in [7, 11) is 1.58. The fraction of sp³-hybridized carbons (Fsp3) is 0.409. The molecule has 0 aliphatic carbocycles. The zero-order valence-corrected chi connectivity index (χ0v) is 16.3. The summed E-state index contributed by atoms with van der Waals surface area (Å²) in [4.78, 5) is 30.9. The summed E-state index contributed by atoms with van der Waals surface area (Å²) >= 11 is 0. The molecule has 0 unspecified atom stereocenters. The lowest BCUT2D eigenvalue weighted by molar-refractivity contribution is 0.0690. The molecule has 0 atom stereocenters. The molecule has 1 aromatic carbocycles. The van der Waals surface area contributed by atoms with Gasteiger partial charge in [0.25, 0.3) is 11.8 Å². The van der Waals surface area contributed by atoms with Gasteiger partial charge in [0, 0.05) is 39.1 Å². The van der Waals surface area contributed by atoms with Crippen molar-refractivity contribution >= 4 is 11.8 Å². The van der Waals surface area contributed by atoms with Crippen molar-refractivity contribution in [1.82, 2.24) is 15.2 Å². The number of carbonyl (C=O) groups excluding carboxylic acids is 2. The Bertz CT molecular complexity index is 787. The molecule has 0 spiro atoms. The van der Waals surface area contributed by atoms with Crippen LogP contribution in [0.5, 0.6) is 0 Å². The van der Waals surface area contributed by atoms with Crippen molar-refractivity contribution in [2.24, 2.45) is 5.92 Å². The number of rotatable bonds is 7. The Kier molecular flexibility index (Phi) is 7.14. The average molecular weight is 381 g/mol. The molecule has 6 heteroatoms. The number of carbonyl (C=O) groups is 2. The van der Waals surface area contributed by atoms with Gasteiger partial charge in [0.2, 0.25) is 0 Å². The Morgan fingerprint density at radius 2 is 1.86 bits per heavy atom. The quantitative estimate of drug-likeness (QED) is 0.748. The minimum atomic E-state index is -0.249. The number of pyridine rings is 1. The molecule has 2 amide bonds. The van der Waals surface area contributed by atoms with Crippen LogP contribution < -0.4 is 5.32 Å². The Balaban J connectivity index is 1.55. The van der Waals surface area contributed by atoms with Crippen molar-refractivity contribution in [2.45, 2.75) is 19.3 Å². The number of likely N-dealkylation sites (tertiary alicyclic amines) is 1. The number of ether oxygens (including phenoxy) is 1. The van der Waals surface area contributed by atoms with Crippen LogP contribution in [-0.2, 0) is 11.2 Å². The Labute approximate surface area is 165 Å². The van der Waals surface area contributed by atoms with Crippen LogP contribution >= 0.6 is 0 Å². The first-order valence-corrected chi connectivity index (χ1v) is 9.72. The number of benzene rings is 1. The van der Waals surface area contributed by atoms with Crippen molar-refractivity contribution in [3.8, 4) is 0 Å². The van der Waals surface area contributed by atoms with E-state index in [0.717, 1.165) is 32.4 Å². The number of aromatic nitrogens is 1. The molecule has 148 valence electrons. The molecule has 1 saturated heterocycles. The van der Waals surface area contributed by atoms with Crippen LogP contribution in [0.25, 0.3) is 0 Å². The largest absolute Gasteiger partial charge is 0.383 e. The summed E-state index contributed by atoms with van der Waals surface area (Å²) in [6.07, 6.45) is 6.05. The molecular formula is C22H27N3O3. The SMILES string of the molecule is COCCNC(=O)c1cncc(C(=O)N2CCC(Cc3ccccc3)CC2)c1.